The molecule has 0 aromatic heterocycles. The topological polar surface area (TPSA) is 57.5 Å². The second-order valence-electron chi connectivity index (χ2n) is 2.99. The number of hydrogen-bond donors (Lipinski definition) is 2. The molecule has 2 N–H and O–H groups in total. The Hall–Kier alpha value is -1.77. The number of phenolic OH excluding ortho intramolecular Hbond substituents is 1. The summed E-state index contributed by atoms with van der Waals surface area (Å²) >= 11 is 0. The van der Waals surface area contributed by atoms with E-state index in [4.69, 9.17) is 5.11 Å². The molecule has 0 aliphatic rings. The van der Waals surface area contributed by atoms with Crippen molar-refractivity contribution >= 4 is 12.0 Å². The van der Waals surface area contributed by atoms with Crippen LogP contribution < -0.4 is 0 Å². The van der Waals surface area contributed by atoms with E-state index in [1.807, 2.05) is 6.07 Å². The Kier molecular flexibility index (Phi) is 3.29. The van der Waals surface area contributed by atoms with Gasteiger partial charge in [-0.3, -0.25) is 4.79 Å². The largest absolute Gasteiger partial charge is 0.508 e. The molecule has 0 saturated heterocycles. The lowest BCUT2D eigenvalue weighted by Gasteiger charge is -2.01. The van der Waals surface area contributed by atoms with Gasteiger partial charge in [0.1, 0.15) is 5.75 Å². The first-order valence-corrected chi connectivity index (χ1v) is 4.28. The SMILES string of the molecule is Cc1c(O)cccc1C=CCC(=O)O. The van der Waals surface area contributed by atoms with Crippen LogP contribution in [-0.2, 0) is 4.79 Å². The lowest BCUT2D eigenvalue weighted by molar-refractivity contribution is -0.135. The van der Waals surface area contributed by atoms with Gasteiger partial charge in [0.25, 0.3) is 0 Å². The number of benzene rings is 1. The zero-order valence-corrected chi connectivity index (χ0v) is 7.90. The van der Waals surface area contributed by atoms with Crippen molar-refractivity contribution in [1.82, 2.24) is 0 Å². The number of hydrogen-bond acceptors (Lipinski definition) is 2. The molecule has 0 atom stereocenters. The van der Waals surface area contributed by atoms with Gasteiger partial charge in [0.2, 0.25) is 0 Å². The lowest BCUT2D eigenvalue weighted by Crippen LogP contribution is -1.90. The van der Waals surface area contributed by atoms with Gasteiger partial charge in [-0.15, -0.1) is 0 Å². The molecule has 3 nitrogen and oxygen atoms in total. The summed E-state index contributed by atoms with van der Waals surface area (Å²) in [6, 6.07) is 5.15. The van der Waals surface area contributed by atoms with Crippen LogP contribution in [0.5, 0.6) is 5.75 Å². The van der Waals surface area contributed by atoms with Crippen molar-refractivity contribution < 1.29 is 15.0 Å². The minimum absolute atomic E-state index is 0.00486. The van der Waals surface area contributed by atoms with E-state index >= 15 is 0 Å². The van der Waals surface area contributed by atoms with E-state index in [1.54, 1.807) is 31.2 Å². The second kappa shape index (κ2) is 4.46. The number of aromatic hydroxyl groups is 1. The Balaban J connectivity index is 2.81. The maximum Gasteiger partial charge on any atom is 0.307 e. The van der Waals surface area contributed by atoms with Crippen molar-refractivity contribution in [3.63, 3.8) is 0 Å². The molecule has 0 aliphatic carbocycles. The third-order valence-electron chi connectivity index (χ3n) is 1.94. The van der Waals surface area contributed by atoms with Gasteiger partial charge in [-0.05, 0) is 24.1 Å². The third-order valence-corrected chi connectivity index (χ3v) is 1.94. The van der Waals surface area contributed by atoms with Gasteiger partial charge in [0.05, 0.1) is 6.42 Å². The number of phenols is 1. The highest BCUT2D eigenvalue weighted by molar-refractivity contribution is 5.70. The van der Waals surface area contributed by atoms with Crippen molar-refractivity contribution in [3.05, 3.63) is 35.4 Å². The van der Waals surface area contributed by atoms with Crippen LogP contribution in [0, 0.1) is 6.92 Å². The maximum atomic E-state index is 10.2. The highest BCUT2D eigenvalue weighted by Gasteiger charge is 1.98. The molecule has 0 aliphatic heterocycles. The molecule has 14 heavy (non-hydrogen) atoms. The van der Waals surface area contributed by atoms with Crippen molar-refractivity contribution in [2.24, 2.45) is 0 Å². The first kappa shape index (κ1) is 10.3. The van der Waals surface area contributed by atoms with Crippen LogP contribution in [0.1, 0.15) is 17.5 Å². The molecule has 0 radical (unpaired) electrons. The average molecular weight is 192 g/mol. The first-order valence-electron chi connectivity index (χ1n) is 4.28. The van der Waals surface area contributed by atoms with Gasteiger partial charge < -0.3 is 10.2 Å². The minimum Gasteiger partial charge on any atom is -0.508 e. The number of carbonyl (C=O) groups is 1. The molecule has 0 unspecified atom stereocenters. The van der Waals surface area contributed by atoms with Gasteiger partial charge >= 0.3 is 5.97 Å². The van der Waals surface area contributed by atoms with E-state index in [0.717, 1.165) is 11.1 Å². The summed E-state index contributed by atoms with van der Waals surface area (Å²) in [5.74, 6) is -0.637. The number of rotatable bonds is 3. The fourth-order valence-electron chi connectivity index (χ4n) is 1.11. The molecule has 1 aromatic rings. The van der Waals surface area contributed by atoms with E-state index in [-0.39, 0.29) is 12.2 Å². The zero-order chi connectivity index (χ0) is 10.6. The van der Waals surface area contributed by atoms with Crippen molar-refractivity contribution in [2.45, 2.75) is 13.3 Å². The molecule has 0 spiro atoms. The van der Waals surface area contributed by atoms with Crippen LogP contribution in [0.15, 0.2) is 24.3 Å². The van der Waals surface area contributed by atoms with Crippen LogP contribution in [0.2, 0.25) is 0 Å². The Morgan fingerprint density at radius 2 is 2.21 bits per heavy atom. The van der Waals surface area contributed by atoms with Gasteiger partial charge in [-0.2, -0.15) is 0 Å². The summed E-state index contributed by atoms with van der Waals surface area (Å²) in [5.41, 5.74) is 1.60. The Morgan fingerprint density at radius 3 is 2.86 bits per heavy atom. The third kappa shape index (κ3) is 2.62. The number of carboxylic acids is 1. The molecular weight excluding hydrogens is 180 g/mol. The Labute approximate surface area is 82.3 Å². The summed E-state index contributed by atoms with van der Waals surface area (Å²) < 4.78 is 0. The molecule has 1 aromatic carbocycles. The smallest absolute Gasteiger partial charge is 0.307 e. The van der Waals surface area contributed by atoms with Gasteiger partial charge in [0, 0.05) is 0 Å². The van der Waals surface area contributed by atoms with Gasteiger partial charge in [0.15, 0.2) is 0 Å². The summed E-state index contributed by atoms with van der Waals surface area (Å²) in [6.45, 7) is 1.79. The van der Waals surface area contributed by atoms with Crippen molar-refractivity contribution in [3.8, 4) is 5.75 Å². The normalized spacial score (nSPS) is 10.6. The van der Waals surface area contributed by atoms with E-state index < -0.39 is 5.97 Å². The molecule has 0 fully saturated rings. The summed E-state index contributed by atoms with van der Waals surface area (Å²) in [6.07, 6.45) is 3.25. The Morgan fingerprint density at radius 1 is 1.50 bits per heavy atom. The van der Waals surface area contributed by atoms with Gasteiger partial charge in [-0.25, -0.2) is 0 Å². The van der Waals surface area contributed by atoms with Crippen LogP contribution in [-0.4, -0.2) is 16.2 Å². The molecule has 0 bridgehead atoms. The van der Waals surface area contributed by atoms with Crippen LogP contribution in [0.25, 0.3) is 6.08 Å². The molecule has 1 rings (SSSR count). The summed E-state index contributed by atoms with van der Waals surface area (Å²) in [4.78, 5) is 10.2. The Bertz CT molecular complexity index is 367. The van der Waals surface area contributed by atoms with Crippen molar-refractivity contribution in [1.29, 1.82) is 0 Å². The van der Waals surface area contributed by atoms with E-state index in [0.29, 0.717) is 0 Å². The molecule has 0 amide bonds. The monoisotopic (exact) mass is 192 g/mol. The maximum absolute atomic E-state index is 10.2. The van der Waals surface area contributed by atoms with Crippen LogP contribution in [0.3, 0.4) is 0 Å². The fraction of sp³-hybridized carbons (Fsp3) is 0.182. The predicted octanol–water partition coefficient (Wildman–Crippen LogP) is 2.19. The standard InChI is InChI=1S/C11H12O3/c1-8-9(4-2-6-10(8)12)5-3-7-11(13)14/h2-6,12H,7H2,1H3,(H,13,14). The first-order chi connectivity index (χ1) is 6.61. The number of carboxylic acid groups (broad SMARTS) is 1. The van der Waals surface area contributed by atoms with Crippen LogP contribution in [0.4, 0.5) is 0 Å². The molecule has 3 heteroatoms. The van der Waals surface area contributed by atoms with Crippen molar-refractivity contribution in [2.75, 3.05) is 0 Å². The van der Waals surface area contributed by atoms with E-state index in [1.165, 1.54) is 0 Å². The average Bonchev–Trinajstić information content (AvgIpc) is 2.12. The van der Waals surface area contributed by atoms with Gasteiger partial charge in [-0.1, -0.05) is 24.3 Å². The molecule has 74 valence electrons. The predicted molar refractivity (Wildman–Crippen MR) is 54.1 cm³/mol. The van der Waals surface area contributed by atoms with E-state index in [9.17, 15) is 9.90 Å². The fourth-order valence-corrected chi connectivity index (χ4v) is 1.11. The lowest BCUT2D eigenvalue weighted by atomic mass is 10.1. The van der Waals surface area contributed by atoms with Crippen LogP contribution >= 0.6 is 0 Å². The highest BCUT2D eigenvalue weighted by Crippen LogP contribution is 2.20. The highest BCUT2D eigenvalue weighted by atomic mass is 16.4. The zero-order valence-electron chi connectivity index (χ0n) is 7.90. The number of aliphatic carboxylic acids is 1. The quantitative estimate of drug-likeness (QED) is 0.771. The molecule has 0 heterocycles. The minimum atomic E-state index is -0.862. The van der Waals surface area contributed by atoms with E-state index in [2.05, 4.69) is 0 Å². The summed E-state index contributed by atoms with van der Waals surface area (Å²) in [5, 5.41) is 17.8. The second-order valence-corrected chi connectivity index (χ2v) is 2.99. The molecule has 0 saturated carbocycles. The summed E-state index contributed by atoms with van der Waals surface area (Å²) in [7, 11) is 0. The molecular formula is C11H12O3.